The number of amides is 1. The minimum atomic E-state index is -0.294. The number of rotatable bonds is 6. The fourth-order valence-corrected chi connectivity index (χ4v) is 5.18. The van der Waals surface area contributed by atoms with E-state index >= 15 is 0 Å². The van der Waals surface area contributed by atoms with Crippen LogP contribution in [-0.4, -0.2) is 37.0 Å². The molecule has 0 atom stereocenters. The van der Waals surface area contributed by atoms with Crippen LogP contribution in [0.3, 0.4) is 0 Å². The molecule has 1 amide bonds. The Bertz CT molecular complexity index is 1310. The van der Waals surface area contributed by atoms with E-state index in [9.17, 15) is 10.1 Å². The van der Waals surface area contributed by atoms with Crippen molar-refractivity contribution in [3.05, 3.63) is 96.9 Å². The molecule has 1 heterocycles. The summed E-state index contributed by atoms with van der Waals surface area (Å²) in [5.41, 5.74) is 2.62. The second-order valence-electron chi connectivity index (χ2n) is 8.14. The van der Waals surface area contributed by atoms with Crippen molar-refractivity contribution in [2.45, 2.75) is 6.61 Å². The lowest BCUT2D eigenvalue weighted by Gasteiger charge is -2.36. The molecule has 9 heteroatoms. The summed E-state index contributed by atoms with van der Waals surface area (Å²) in [6.45, 7) is 2.73. The summed E-state index contributed by atoms with van der Waals surface area (Å²) >= 11 is 22.0. The van der Waals surface area contributed by atoms with Gasteiger partial charge in [-0.1, -0.05) is 59.1 Å². The Kier molecular flexibility index (Phi) is 8.81. The minimum Gasteiger partial charge on any atom is -0.486 e. The van der Waals surface area contributed by atoms with E-state index < -0.39 is 0 Å². The first-order valence-electron chi connectivity index (χ1n) is 11.1. The average Bonchev–Trinajstić information content (AvgIpc) is 2.89. The van der Waals surface area contributed by atoms with Gasteiger partial charge in [0.2, 0.25) is 0 Å². The number of nitrogens with zero attached hydrogens (tertiary/aromatic N) is 3. The summed E-state index contributed by atoms with van der Waals surface area (Å²) in [5, 5.41) is 11.0. The molecule has 0 aliphatic carbocycles. The number of carbonyl (C=O) groups is 1. The molecule has 4 rings (SSSR count). The van der Waals surface area contributed by atoms with Gasteiger partial charge in [-0.3, -0.25) is 4.79 Å². The number of para-hydroxylation sites is 1. The molecule has 1 saturated heterocycles. The van der Waals surface area contributed by atoms with E-state index in [4.69, 9.17) is 39.5 Å². The van der Waals surface area contributed by atoms with Crippen molar-refractivity contribution in [1.29, 1.82) is 5.26 Å². The third kappa shape index (κ3) is 6.35. The van der Waals surface area contributed by atoms with E-state index in [1.165, 1.54) is 0 Å². The standard InChI is InChI=1S/C27H21BrCl3N3O2/c28-22-13-19(15-25(31)26(22)36-17-18-6-7-23(29)24(30)14-18)12-20(16-32)27(35)34-10-8-33(9-11-34)21-4-2-1-3-5-21/h1-7,12-15H,8-11,17H2/b20-12-. The first-order chi connectivity index (χ1) is 17.4. The van der Waals surface area contributed by atoms with E-state index in [0.717, 1.165) is 11.3 Å². The van der Waals surface area contributed by atoms with Crippen LogP contribution in [0.1, 0.15) is 11.1 Å². The summed E-state index contributed by atoms with van der Waals surface area (Å²) in [6, 6.07) is 20.8. The van der Waals surface area contributed by atoms with E-state index in [0.29, 0.717) is 57.0 Å². The van der Waals surface area contributed by atoms with Gasteiger partial charge in [-0.05, 0) is 69.5 Å². The lowest BCUT2D eigenvalue weighted by molar-refractivity contribution is -0.126. The number of anilines is 1. The summed E-state index contributed by atoms with van der Waals surface area (Å²) in [6.07, 6.45) is 1.55. The molecule has 3 aromatic rings. The van der Waals surface area contributed by atoms with Gasteiger partial charge in [-0.15, -0.1) is 0 Å². The second kappa shape index (κ2) is 12.0. The molecule has 1 aliphatic heterocycles. The molecule has 0 radical (unpaired) electrons. The van der Waals surface area contributed by atoms with Gasteiger partial charge in [-0.25, -0.2) is 0 Å². The van der Waals surface area contributed by atoms with Crippen LogP contribution in [-0.2, 0) is 11.4 Å². The fourth-order valence-electron chi connectivity index (χ4n) is 3.87. The van der Waals surface area contributed by atoms with Crippen LogP contribution in [0.4, 0.5) is 5.69 Å². The highest BCUT2D eigenvalue weighted by Crippen LogP contribution is 2.36. The number of hydrogen-bond acceptors (Lipinski definition) is 4. The van der Waals surface area contributed by atoms with Crippen molar-refractivity contribution < 1.29 is 9.53 Å². The number of ether oxygens (including phenoxy) is 1. The lowest BCUT2D eigenvalue weighted by Crippen LogP contribution is -2.49. The number of piperazine rings is 1. The number of benzene rings is 3. The Morgan fingerprint density at radius 3 is 2.33 bits per heavy atom. The van der Waals surface area contributed by atoms with Gasteiger partial charge in [0.1, 0.15) is 18.2 Å². The molecule has 0 N–H and O–H groups in total. The van der Waals surface area contributed by atoms with Gasteiger partial charge in [0.05, 0.1) is 19.5 Å². The van der Waals surface area contributed by atoms with Gasteiger partial charge in [-0.2, -0.15) is 5.26 Å². The molecule has 0 saturated carbocycles. The largest absolute Gasteiger partial charge is 0.486 e. The van der Waals surface area contributed by atoms with Crippen molar-refractivity contribution in [3.8, 4) is 11.8 Å². The molecule has 0 bridgehead atoms. The monoisotopic (exact) mass is 603 g/mol. The molecule has 3 aromatic carbocycles. The van der Waals surface area contributed by atoms with Crippen LogP contribution in [0.25, 0.3) is 6.08 Å². The van der Waals surface area contributed by atoms with Gasteiger partial charge in [0.15, 0.2) is 5.75 Å². The predicted molar refractivity (Wildman–Crippen MR) is 149 cm³/mol. The highest BCUT2D eigenvalue weighted by atomic mass is 79.9. The minimum absolute atomic E-state index is 0.0515. The fraction of sp³-hybridized carbons (Fsp3) is 0.185. The molecule has 0 unspecified atom stereocenters. The molecule has 5 nitrogen and oxygen atoms in total. The maximum Gasteiger partial charge on any atom is 0.264 e. The molecule has 0 spiro atoms. The predicted octanol–water partition coefficient (Wildman–Crippen LogP) is 7.24. The average molecular weight is 606 g/mol. The first kappa shape index (κ1) is 26.4. The van der Waals surface area contributed by atoms with E-state index in [1.807, 2.05) is 30.3 Å². The second-order valence-corrected chi connectivity index (χ2v) is 10.2. The smallest absolute Gasteiger partial charge is 0.264 e. The Hall–Kier alpha value is -2.69. The summed E-state index contributed by atoms with van der Waals surface area (Å²) in [7, 11) is 0. The van der Waals surface area contributed by atoms with Gasteiger partial charge < -0.3 is 14.5 Å². The van der Waals surface area contributed by atoms with Gasteiger partial charge in [0, 0.05) is 31.9 Å². The van der Waals surface area contributed by atoms with Gasteiger partial charge >= 0.3 is 0 Å². The Labute approximate surface area is 233 Å². The Morgan fingerprint density at radius 2 is 1.69 bits per heavy atom. The lowest BCUT2D eigenvalue weighted by atomic mass is 10.1. The zero-order chi connectivity index (χ0) is 25.7. The van der Waals surface area contributed by atoms with E-state index in [2.05, 4.69) is 33.0 Å². The quantitative estimate of drug-likeness (QED) is 0.220. The van der Waals surface area contributed by atoms with Crippen LogP contribution in [0.2, 0.25) is 15.1 Å². The molecular formula is C27H21BrCl3N3O2. The first-order valence-corrected chi connectivity index (χ1v) is 13.0. The molecule has 0 aromatic heterocycles. The Balaban J connectivity index is 1.43. The van der Waals surface area contributed by atoms with Gasteiger partial charge in [0.25, 0.3) is 5.91 Å². The molecule has 1 fully saturated rings. The molecule has 36 heavy (non-hydrogen) atoms. The van der Waals surface area contributed by atoms with E-state index in [-0.39, 0.29) is 18.1 Å². The highest BCUT2D eigenvalue weighted by Gasteiger charge is 2.24. The zero-order valence-electron chi connectivity index (χ0n) is 19.1. The van der Waals surface area contributed by atoms with Crippen molar-refractivity contribution in [2.75, 3.05) is 31.1 Å². The number of carbonyl (C=O) groups excluding carboxylic acids is 1. The maximum absolute atomic E-state index is 13.1. The summed E-state index contributed by atoms with van der Waals surface area (Å²) < 4.78 is 6.48. The maximum atomic E-state index is 13.1. The van der Waals surface area contributed by atoms with Crippen molar-refractivity contribution in [2.24, 2.45) is 0 Å². The third-order valence-corrected chi connectivity index (χ3v) is 7.35. The van der Waals surface area contributed by atoms with Crippen molar-refractivity contribution in [3.63, 3.8) is 0 Å². The molecule has 184 valence electrons. The van der Waals surface area contributed by atoms with Crippen LogP contribution >= 0.6 is 50.7 Å². The number of halogens is 4. The summed E-state index contributed by atoms with van der Waals surface area (Å²) in [5.74, 6) is 0.152. The molecular weight excluding hydrogens is 585 g/mol. The van der Waals surface area contributed by atoms with Crippen molar-refractivity contribution >= 4 is 68.4 Å². The van der Waals surface area contributed by atoms with Crippen LogP contribution in [0.15, 0.2) is 70.7 Å². The van der Waals surface area contributed by atoms with E-state index in [1.54, 1.807) is 35.2 Å². The highest BCUT2D eigenvalue weighted by molar-refractivity contribution is 9.10. The SMILES string of the molecule is N#C/C(=C/c1cc(Cl)c(OCc2ccc(Cl)c(Cl)c2)c(Br)c1)C(=O)N1CCN(c2ccccc2)CC1. The van der Waals surface area contributed by atoms with Crippen LogP contribution in [0, 0.1) is 11.3 Å². The third-order valence-electron chi connectivity index (χ3n) is 5.74. The van der Waals surface area contributed by atoms with Crippen LogP contribution in [0.5, 0.6) is 5.75 Å². The normalized spacial score (nSPS) is 13.9. The zero-order valence-corrected chi connectivity index (χ0v) is 22.9. The topological polar surface area (TPSA) is 56.6 Å². The summed E-state index contributed by atoms with van der Waals surface area (Å²) in [4.78, 5) is 17.0. The molecule has 1 aliphatic rings. The Morgan fingerprint density at radius 1 is 0.972 bits per heavy atom. The van der Waals surface area contributed by atoms with Crippen LogP contribution < -0.4 is 9.64 Å². The number of hydrogen-bond donors (Lipinski definition) is 0. The number of nitriles is 1. The van der Waals surface area contributed by atoms with Crippen molar-refractivity contribution in [1.82, 2.24) is 4.90 Å².